The van der Waals surface area contributed by atoms with Gasteiger partial charge in [0.25, 0.3) is 5.69 Å². The van der Waals surface area contributed by atoms with E-state index in [9.17, 15) is 19.3 Å². The molecule has 0 aromatic heterocycles. The minimum absolute atomic E-state index is 0.141. The maximum atomic E-state index is 13.8. The van der Waals surface area contributed by atoms with Gasteiger partial charge in [0.1, 0.15) is 5.82 Å². The molecule has 2 aromatic rings. The van der Waals surface area contributed by atoms with E-state index in [1.54, 1.807) is 24.3 Å². The van der Waals surface area contributed by atoms with E-state index in [2.05, 4.69) is 9.80 Å². The van der Waals surface area contributed by atoms with Gasteiger partial charge in [-0.2, -0.15) is 0 Å². The molecular formula is C20H22FN3O3. The number of piperazine rings is 1. The van der Waals surface area contributed by atoms with E-state index in [0.29, 0.717) is 18.7 Å². The fourth-order valence-electron chi connectivity index (χ4n) is 3.30. The Bertz CT molecular complexity index is 820. The fraction of sp³-hybridized carbons (Fsp3) is 0.350. The van der Waals surface area contributed by atoms with Crippen molar-refractivity contribution < 1.29 is 14.1 Å². The Labute approximate surface area is 157 Å². The lowest BCUT2D eigenvalue weighted by Gasteiger charge is -2.34. The molecule has 1 aliphatic heterocycles. The van der Waals surface area contributed by atoms with Crippen molar-refractivity contribution in [3.05, 3.63) is 75.6 Å². The number of carbonyl (C=O) groups is 1. The van der Waals surface area contributed by atoms with Crippen LogP contribution in [0.15, 0.2) is 48.5 Å². The molecule has 0 radical (unpaired) electrons. The Morgan fingerprint density at radius 3 is 2.33 bits per heavy atom. The normalized spacial score (nSPS) is 15.6. The fourth-order valence-corrected chi connectivity index (χ4v) is 3.30. The van der Waals surface area contributed by atoms with E-state index in [4.69, 9.17) is 0 Å². The van der Waals surface area contributed by atoms with Gasteiger partial charge in [0.2, 0.25) is 0 Å². The zero-order chi connectivity index (χ0) is 19.2. The Balaban J connectivity index is 1.48. The van der Waals surface area contributed by atoms with Gasteiger partial charge in [0.05, 0.1) is 10.5 Å². The third kappa shape index (κ3) is 4.96. The Hall–Kier alpha value is -2.64. The molecule has 1 saturated heterocycles. The number of nitro benzene ring substituents is 1. The molecule has 2 aromatic carbocycles. The number of halogens is 1. The van der Waals surface area contributed by atoms with Gasteiger partial charge < -0.3 is 4.90 Å². The molecule has 0 atom stereocenters. The quantitative estimate of drug-likeness (QED) is 0.425. The van der Waals surface area contributed by atoms with E-state index >= 15 is 0 Å². The highest BCUT2D eigenvalue weighted by atomic mass is 19.1. The molecule has 142 valence electrons. The van der Waals surface area contributed by atoms with Gasteiger partial charge in [-0.1, -0.05) is 30.3 Å². The highest BCUT2D eigenvalue weighted by molar-refractivity contribution is 5.99. The predicted octanol–water partition coefficient (Wildman–Crippen LogP) is 3.12. The van der Waals surface area contributed by atoms with Crippen LogP contribution in [-0.4, -0.2) is 53.2 Å². The molecule has 3 rings (SSSR count). The van der Waals surface area contributed by atoms with Crippen LogP contribution in [0.2, 0.25) is 0 Å². The van der Waals surface area contributed by atoms with E-state index in [-0.39, 0.29) is 29.3 Å². The van der Waals surface area contributed by atoms with Gasteiger partial charge in [-0.05, 0) is 12.1 Å². The van der Waals surface area contributed by atoms with Gasteiger partial charge in [-0.25, -0.2) is 4.39 Å². The van der Waals surface area contributed by atoms with Crippen LogP contribution in [-0.2, 0) is 6.54 Å². The molecule has 1 aliphatic rings. The summed E-state index contributed by atoms with van der Waals surface area (Å²) < 4.78 is 13.8. The summed E-state index contributed by atoms with van der Waals surface area (Å²) in [4.78, 5) is 27.3. The summed E-state index contributed by atoms with van der Waals surface area (Å²) in [5.41, 5.74) is 0.718. The second-order valence-corrected chi connectivity index (χ2v) is 6.66. The van der Waals surface area contributed by atoms with Crippen LogP contribution in [0.4, 0.5) is 10.1 Å². The number of Topliss-reactive ketones (excluding diaryl/α,β-unsaturated/α-hetero) is 1. The first kappa shape index (κ1) is 19.1. The van der Waals surface area contributed by atoms with Crippen LogP contribution in [0.5, 0.6) is 0 Å². The summed E-state index contributed by atoms with van der Waals surface area (Å²) in [5.74, 6) is -0.397. The van der Waals surface area contributed by atoms with Crippen molar-refractivity contribution in [1.29, 1.82) is 0 Å². The largest absolute Gasteiger partial charge is 0.300 e. The van der Waals surface area contributed by atoms with Crippen molar-refractivity contribution in [1.82, 2.24) is 9.80 Å². The first-order chi connectivity index (χ1) is 13.0. The van der Waals surface area contributed by atoms with Crippen molar-refractivity contribution in [2.24, 2.45) is 0 Å². The van der Waals surface area contributed by atoms with Crippen molar-refractivity contribution in [2.45, 2.75) is 13.0 Å². The van der Waals surface area contributed by atoms with Gasteiger partial charge in [0.15, 0.2) is 5.78 Å². The molecule has 0 spiro atoms. The SMILES string of the molecule is O=C(CCN1CCN(Cc2ccccc2F)CC1)c1ccccc1[N+](=O)[O-]. The highest BCUT2D eigenvalue weighted by Gasteiger charge is 2.22. The molecule has 0 unspecified atom stereocenters. The Morgan fingerprint density at radius 2 is 1.63 bits per heavy atom. The maximum Gasteiger partial charge on any atom is 0.280 e. The van der Waals surface area contributed by atoms with Gasteiger partial charge in [-0.15, -0.1) is 0 Å². The van der Waals surface area contributed by atoms with Crippen molar-refractivity contribution in [3.63, 3.8) is 0 Å². The number of benzene rings is 2. The molecular weight excluding hydrogens is 349 g/mol. The van der Waals surface area contributed by atoms with Gasteiger partial charge in [0, 0.05) is 57.3 Å². The van der Waals surface area contributed by atoms with Gasteiger partial charge >= 0.3 is 0 Å². The average Bonchev–Trinajstić information content (AvgIpc) is 2.69. The third-order valence-corrected chi connectivity index (χ3v) is 4.87. The van der Waals surface area contributed by atoms with E-state index in [0.717, 1.165) is 26.2 Å². The molecule has 0 bridgehead atoms. The number of nitro groups is 1. The number of rotatable bonds is 7. The van der Waals surface area contributed by atoms with Crippen molar-refractivity contribution in [2.75, 3.05) is 32.7 Å². The number of nitrogens with zero attached hydrogens (tertiary/aromatic N) is 3. The summed E-state index contributed by atoms with van der Waals surface area (Å²) in [5, 5.41) is 11.1. The molecule has 6 nitrogen and oxygen atoms in total. The number of ketones is 1. The maximum absolute atomic E-state index is 13.8. The highest BCUT2D eigenvalue weighted by Crippen LogP contribution is 2.19. The first-order valence-electron chi connectivity index (χ1n) is 8.99. The summed E-state index contributed by atoms with van der Waals surface area (Å²) >= 11 is 0. The van der Waals surface area contributed by atoms with Crippen LogP contribution >= 0.6 is 0 Å². The zero-order valence-corrected chi connectivity index (χ0v) is 15.0. The first-order valence-corrected chi connectivity index (χ1v) is 8.99. The smallest absolute Gasteiger partial charge is 0.280 e. The van der Waals surface area contributed by atoms with Crippen molar-refractivity contribution in [3.8, 4) is 0 Å². The summed E-state index contributed by atoms with van der Waals surface area (Å²) in [6, 6.07) is 12.9. The molecule has 27 heavy (non-hydrogen) atoms. The van der Waals surface area contributed by atoms with Crippen LogP contribution in [0.1, 0.15) is 22.3 Å². The second kappa shape index (κ2) is 8.83. The molecule has 0 N–H and O–H groups in total. The topological polar surface area (TPSA) is 66.7 Å². The zero-order valence-electron chi connectivity index (χ0n) is 15.0. The van der Waals surface area contributed by atoms with Crippen molar-refractivity contribution >= 4 is 11.5 Å². The summed E-state index contributed by atoms with van der Waals surface area (Å²) in [6.45, 7) is 4.33. The lowest BCUT2D eigenvalue weighted by atomic mass is 10.1. The van der Waals surface area contributed by atoms with Crippen LogP contribution < -0.4 is 0 Å². The molecule has 0 aliphatic carbocycles. The number of hydrogen-bond donors (Lipinski definition) is 0. The Morgan fingerprint density at radius 1 is 1.00 bits per heavy atom. The minimum Gasteiger partial charge on any atom is -0.300 e. The van der Waals surface area contributed by atoms with Gasteiger partial charge in [-0.3, -0.25) is 19.8 Å². The summed E-state index contributed by atoms with van der Waals surface area (Å²) in [6.07, 6.45) is 0.248. The molecule has 7 heteroatoms. The number of hydrogen-bond acceptors (Lipinski definition) is 5. The number of para-hydroxylation sites is 1. The molecule has 0 saturated carbocycles. The van der Waals surface area contributed by atoms with Crippen LogP contribution in [0, 0.1) is 15.9 Å². The predicted molar refractivity (Wildman–Crippen MR) is 100 cm³/mol. The van der Waals surface area contributed by atoms with Crippen LogP contribution in [0.3, 0.4) is 0 Å². The lowest BCUT2D eigenvalue weighted by molar-refractivity contribution is -0.385. The molecule has 0 amide bonds. The monoisotopic (exact) mass is 371 g/mol. The van der Waals surface area contributed by atoms with E-state index in [1.807, 2.05) is 6.07 Å². The average molecular weight is 371 g/mol. The number of carbonyl (C=O) groups excluding carboxylic acids is 1. The standard InChI is InChI=1S/C20H22FN3O3/c21-18-7-3-1-5-16(18)15-23-13-11-22(12-14-23)10-9-20(25)17-6-2-4-8-19(17)24(26)27/h1-8H,9-15H2. The van der Waals surface area contributed by atoms with Crippen LogP contribution in [0.25, 0.3) is 0 Å². The Kier molecular flexibility index (Phi) is 6.26. The van der Waals surface area contributed by atoms with E-state index < -0.39 is 4.92 Å². The van der Waals surface area contributed by atoms with E-state index in [1.165, 1.54) is 18.2 Å². The molecule has 1 heterocycles. The minimum atomic E-state index is -0.519. The second-order valence-electron chi connectivity index (χ2n) is 6.66. The third-order valence-electron chi connectivity index (χ3n) is 4.87. The lowest BCUT2D eigenvalue weighted by Crippen LogP contribution is -2.46. The summed E-state index contributed by atoms with van der Waals surface area (Å²) in [7, 11) is 0. The molecule has 1 fully saturated rings.